The van der Waals surface area contributed by atoms with Crippen molar-refractivity contribution in [2.45, 2.75) is 20.3 Å². The summed E-state index contributed by atoms with van der Waals surface area (Å²) in [5.41, 5.74) is 3.49. The molecule has 0 saturated carbocycles. The van der Waals surface area contributed by atoms with Crippen LogP contribution in [0, 0.1) is 0 Å². The van der Waals surface area contributed by atoms with Crippen molar-refractivity contribution < 1.29 is 14.3 Å². The number of carbonyl (C=O) groups is 2. The van der Waals surface area contributed by atoms with Crippen LogP contribution < -0.4 is 15.5 Å². The molecule has 0 atom stereocenters. The maximum atomic E-state index is 11.7. The maximum Gasteiger partial charge on any atom is 0.236 e. The van der Waals surface area contributed by atoms with Crippen LogP contribution in [0.4, 0.5) is 5.69 Å². The molecule has 1 aromatic carbocycles. The highest BCUT2D eigenvalue weighted by Gasteiger charge is 2.05. The first-order valence-corrected chi connectivity index (χ1v) is 5.75. The Balaban J connectivity index is 2.50. The van der Waals surface area contributed by atoms with Gasteiger partial charge in [-0.3, -0.25) is 9.59 Å². The van der Waals surface area contributed by atoms with E-state index in [0.29, 0.717) is 11.4 Å². The van der Waals surface area contributed by atoms with E-state index in [0.717, 1.165) is 5.75 Å². The largest absolute Gasteiger partial charge is 0.497 e. The van der Waals surface area contributed by atoms with Crippen molar-refractivity contribution in [3.05, 3.63) is 24.3 Å². The van der Waals surface area contributed by atoms with Crippen LogP contribution in [-0.2, 0) is 9.59 Å². The number of rotatable bonds is 5. The van der Waals surface area contributed by atoms with Gasteiger partial charge in [0, 0.05) is 18.3 Å². The second-order valence-corrected chi connectivity index (χ2v) is 3.97. The van der Waals surface area contributed by atoms with Crippen molar-refractivity contribution in [2.24, 2.45) is 5.10 Å². The van der Waals surface area contributed by atoms with Gasteiger partial charge in [0.1, 0.15) is 5.75 Å². The van der Waals surface area contributed by atoms with E-state index < -0.39 is 0 Å². The minimum absolute atomic E-state index is 0.117. The lowest BCUT2D eigenvalue weighted by atomic mass is 10.2. The molecule has 0 bridgehead atoms. The van der Waals surface area contributed by atoms with Crippen LogP contribution in [0.5, 0.6) is 5.75 Å². The van der Waals surface area contributed by atoms with E-state index in [4.69, 9.17) is 4.74 Å². The number of methoxy groups -OCH3 is 1. The zero-order valence-electron chi connectivity index (χ0n) is 11.2. The first-order valence-electron chi connectivity index (χ1n) is 5.75. The summed E-state index contributed by atoms with van der Waals surface area (Å²) < 4.78 is 5.02. The predicted molar refractivity (Wildman–Crippen MR) is 73.2 cm³/mol. The Morgan fingerprint density at radius 2 is 1.84 bits per heavy atom. The number of anilines is 1. The monoisotopic (exact) mass is 263 g/mol. The fourth-order valence-corrected chi connectivity index (χ4v) is 1.33. The number of hydrazone groups is 1. The smallest absolute Gasteiger partial charge is 0.236 e. The summed E-state index contributed by atoms with van der Waals surface area (Å²) in [6.45, 7) is 3.03. The summed E-state index contributed by atoms with van der Waals surface area (Å²) in [5.74, 6) is 0.257. The van der Waals surface area contributed by atoms with Crippen LogP contribution in [0.3, 0.4) is 0 Å². The Bertz CT molecular complexity index is 480. The number of hydrogen-bond acceptors (Lipinski definition) is 4. The van der Waals surface area contributed by atoms with Crippen molar-refractivity contribution >= 4 is 23.2 Å². The van der Waals surface area contributed by atoms with Crippen molar-refractivity contribution in [3.8, 4) is 5.75 Å². The van der Waals surface area contributed by atoms with E-state index in [1.165, 1.54) is 6.92 Å². The van der Waals surface area contributed by atoms with E-state index in [-0.39, 0.29) is 18.2 Å². The number of carbonyl (C=O) groups excluding carboxylic acids is 2. The van der Waals surface area contributed by atoms with Gasteiger partial charge in [0.2, 0.25) is 11.8 Å². The van der Waals surface area contributed by atoms with Gasteiger partial charge in [-0.05, 0) is 31.2 Å². The first kappa shape index (κ1) is 14.7. The second-order valence-electron chi connectivity index (χ2n) is 3.97. The molecule has 0 unspecified atom stereocenters. The lowest BCUT2D eigenvalue weighted by Crippen LogP contribution is -2.19. The SMILES string of the molecule is COc1ccc(NC(=O)C/C(C)=N\NC(C)=O)cc1. The molecule has 102 valence electrons. The highest BCUT2D eigenvalue weighted by molar-refractivity contribution is 6.05. The molecule has 2 N–H and O–H groups in total. The Kier molecular flexibility index (Phi) is 5.53. The molecule has 0 fully saturated rings. The molecule has 0 aromatic heterocycles. The molecule has 0 spiro atoms. The minimum Gasteiger partial charge on any atom is -0.497 e. The third-order valence-electron chi connectivity index (χ3n) is 2.19. The van der Waals surface area contributed by atoms with Gasteiger partial charge >= 0.3 is 0 Å². The average Bonchev–Trinajstić information content (AvgIpc) is 2.37. The summed E-state index contributed by atoms with van der Waals surface area (Å²) in [4.78, 5) is 22.3. The molecule has 1 rings (SSSR count). The highest BCUT2D eigenvalue weighted by atomic mass is 16.5. The fraction of sp³-hybridized carbons (Fsp3) is 0.308. The normalized spacial score (nSPS) is 10.8. The van der Waals surface area contributed by atoms with Gasteiger partial charge in [0.05, 0.1) is 13.5 Å². The Morgan fingerprint density at radius 3 is 2.37 bits per heavy atom. The summed E-state index contributed by atoms with van der Waals surface area (Å²) in [5, 5.41) is 6.49. The van der Waals surface area contributed by atoms with E-state index >= 15 is 0 Å². The van der Waals surface area contributed by atoms with Crippen molar-refractivity contribution in [1.29, 1.82) is 0 Å². The van der Waals surface area contributed by atoms with Gasteiger partial charge in [-0.25, -0.2) is 5.43 Å². The van der Waals surface area contributed by atoms with Gasteiger partial charge in [0.25, 0.3) is 0 Å². The van der Waals surface area contributed by atoms with Crippen molar-refractivity contribution in [1.82, 2.24) is 5.43 Å². The molecule has 0 saturated heterocycles. The van der Waals surface area contributed by atoms with E-state index in [9.17, 15) is 9.59 Å². The van der Waals surface area contributed by atoms with Crippen LogP contribution >= 0.6 is 0 Å². The van der Waals surface area contributed by atoms with E-state index in [1.807, 2.05) is 0 Å². The standard InChI is InChI=1S/C13H17N3O3/c1-9(15-16-10(2)17)8-13(18)14-11-4-6-12(19-3)7-5-11/h4-7H,8H2,1-3H3,(H,14,18)(H,16,17)/b15-9-. The number of nitrogens with one attached hydrogen (secondary N) is 2. The lowest BCUT2D eigenvalue weighted by Gasteiger charge is -2.06. The molecule has 0 aliphatic carbocycles. The molecule has 19 heavy (non-hydrogen) atoms. The summed E-state index contributed by atoms with van der Waals surface area (Å²) >= 11 is 0. The third-order valence-corrected chi connectivity index (χ3v) is 2.19. The zero-order valence-corrected chi connectivity index (χ0v) is 11.2. The van der Waals surface area contributed by atoms with Crippen molar-refractivity contribution in [3.63, 3.8) is 0 Å². The third kappa shape index (κ3) is 5.67. The van der Waals surface area contributed by atoms with E-state index in [2.05, 4.69) is 15.8 Å². The highest BCUT2D eigenvalue weighted by Crippen LogP contribution is 2.15. The molecule has 6 nitrogen and oxygen atoms in total. The second kappa shape index (κ2) is 7.15. The van der Waals surface area contributed by atoms with Gasteiger partial charge in [0.15, 0.2) is 0 Å². The molecular weight excluding hydrogens is 246 g/mol. The lowest BCUT2D eigenvalue weighted by molar-refractivity contribution is -0.119. The molecular formula is C13H17N3O3. The Hall–Kier alpha value is -2.37. The zero-order chi connectivity index (χ0) is 14.3. The predicted octanol–water partition coefficient (Wildman–Crippen LogP) is 1.54. The van der Waals surface area contributed by atoms with Crippen LogP contribution in [-0.4, -0.2) is 24.6 Å². The molecule has 6 heteroatoms. The summed E-state index contributed by atoms with van der Waals surface area (Å²) in [7, 11) is 1.58. The van der Waals surface area contributed by atoms with Gasteiger partial charge in [-0.1, -0.05) is 0 Å². The molecule has 0 aliphatic rings. The first-order chi connectivity index (χ1) is 9.01. The number of amides is 2. The van der Waals surface area contributed by atoms with Gasteiger partial charge in [-0.15, -0.1) is 0 Å². The topological polar surface area (TPSA) is 79.8 Å². The maximum absolute atomic E-state index is 11.7. The number of benzene rings is 1. The van der Waals surface area contributed by atoms with Gasteiger partial charge in [-0.2, -0.15) is 5.10 Å². The van der Waals surface area contributed by atoms with Crippen LogP contribution in [0.1, 0.15) is 20.3 Å². The average molecular weight is 263 g/mol. The summed E-state index contributed by atoms with van der Waals surface area (Å²) in [6, 6.07) is 7.01. The molecule has 0 aliphatic heterocycles. The number of hydrogen-bond donors (Lipinski definition) is 2. The number of nitrogens with zero attached hydrogens (tertiary/aromatic N) is 1. The van der Waals surface area contributed by atoms with Crippen LogP contribution in [0.25, 0.3) is 0 Å². The fourth-order valence-electron chi connectivity index (χ4n) is 1.33. The molecule has 0 heterocycles. The minimum atomic E-state index is -0.269. The van der Waals surface area contributed by atoms with Gasteiger partial charge < -0.3 is 10.1 Å². The van der Waals surface area contributed by atoms with Crippen LogP contribution in [0.15, 0.2) is 29.4 Å². The molecule has 1 aromatic rings. The van der Waals surface area contributed by atoms with Crippen molar-refractivity contribution in [2.75, 3.05) is 12.4 Å². The number of ether oxygens (including phenoxy) is 1. The van der Waals surface area contributed by atoms with E-state index in [1.54, 1.807) is 38.3 Å². The quantitative estimate of drug-likeness (QED) is 0.624. The Labute approximate surface area is 111 Å². The summed E-state index contributed by atoms with van der Waals surface area (Å²) in [6.07, 6.45) is 0.117. The molecule has 0 radical (unpaired) electrons. The Morgan fingerprint density at radius 1 is 1.21 bits per heavy atom. The molecule has 2 amide bonds. The van der Waals surface area contributed by atoms with Crippen LogP contribution in [0.2, 0.25) is 0 Å².